The first-order valence-corrected chi connectivity index (χ1v) is 5.50. The third-order valence-electron chi connectivity index (χ3n) is 1.47. The average Bonchev–Trinajstić information content (AvgIpc) is 2.17. The van der Waals surface area contributed by atoms with Gasteiger partial charge in [-0.05, 0) is 0 Å². The lowest BCUT2D eigenvalue weighted by Gasteiger charge is -2.08. The first-order valence-electron chi connectivity index (χ1n) is 4.09. The van der Waals surface area contributed by atoms with Gasteiger partial charge in [-0.3, -0.25) is 0 Å². The second-order valence-corrected chi connectivity index (χ2v) is 4.17. The zero-order valence-corrected chi connectivity index (χ0v) is 9.75. The van der Waals surface area contributed by atoms with Crippen LogP contribution in [0.5, 0.6) is 5.75 Å². The summed E-state index contributed by atoms with van der Waals surface area (Å²) in [6.07, 6.45) is 3.89. The minimum absolute atomic E-state index is 0.896. The molecule has 9 heteroatoms. The van der Waals surface area contributed by atoms with E-state index in [4.69, 9.17) is 17.7 Å². The Morgan fingerprint density at radius 2 is 1.65 bits per heavy atom. The summed E-state index contributed by atoms with van der Waals surface area (Å²) in [5.41, 5.74) is -5.65. The third-order valence-corrected chi connectivity index (χ3v) is 2.03. The van der Waals surface area contributed by atoms with Gasteiger partial charge in [0.05, 0.1) is 7.11 Å². The molecule has 0 unspecified atom stereocenters. The van der Waals surface area contributed by atoms with E-state index < -0.39 is 15.6 Å². The van der Waals surface area contributed by atoms with E-state index in [0.29, 0.717) is 0 Å². The standard InChI is InChI=1S/C7H10NO.CHF3O3S/c1-8-5-3-7(9-2)4-6-8;2-1(3,4)8(5,6)7/h3-6H,1-2H3;(H,5,6,7)/q+1;/p-1. The summed E-state index contributed by atoms with van der Waals surface area (Å²) in [7, 11) is -2.46. The Balaban J connectivity index is 0.000000304. The normalized spacial score (nSPS) is 11.4. The number of hydrogen-bond acceptors (Lipinski definition) is 4. The molecular formula is C8H10F3NO4S. The van der Waals surface area contributed by atoms with Crippen LogP contribution >= 0.6 is 0 Å². The lowest BCUT2D eigenvalue weighted by molar-refractivity contribution is -0.671. The van der Waals surface area contributed by atoms with Crippen molar-refractivity contribution in [3.63, 3.8) is 0 Å². The van der Waals surface area contributed by atoms with Gasteiger partial charge in [-0.1, -0.05) is 0 Å². The number of hydrogen-bond donors (Lipinski definition) is 0. The van der Waals surface area contributed by atoms with Crippen molar-refractivity contribution in [1.29, 1.82) is 0 Å². The van der Waals surface area contributed by atoms with E-state index in [1.807, 2.05) is 36.1 Å². The van der Waals surface area contributed by atoms with Crippen LogP contribution in [-0.4, -0.2) is 25.6 Å². The average molecular weight is 273 g/mol. The zero-order chi connectivity index (χ0) is 13.7. The van der Waals surface area contributed by atoms with Crippen LogP contribution in [0.3, 0.4) is 0 Å². The van der Waals surface area contributed by atoms with Gasteiger partial charge in [0, 0.05) is 12.1 Å². The highest BCUT2D eigenvalue weighted by Gasteiger charge is 2.36. The monoisotopic (exact) mass is 273 g/mol. The quantitative estimate of drug-likeness (QED) is 0.426. The topological polar surface area (TPSA) is 70.3 Å². The van der Waals surface area contributed by atoms with Gasteiger partial charge in [0.15, 0.2) is 22.5 Å². The molecule has 0 saturated heterocycles. The molecule has 0 aliphatic carbocycles. The minimum Gasteiger partial charge on any atom is -0.741 e. The number of aryl methyl sites for hydroxylation is 1. The SMILES string of the molecule is COc1cc[n+](C)cc1.O=S(=O)([O-])C(F)(F)F. The van der Waals surface area contributed by atoms with Crippen molar-refractivity contribution in [3.05, 3.63) is 24.5 Å². The molecule has 0 saturated carbocycles. The number of methoxy groups -OCH3 is 1. The maximum Gasteiger partial charge on any atom is 0.485 e. The number of halogens is 3. The minimum atomic E-state index is -6.09. The van der Waals surface area contributed by atoms with E-state index in [-0.39, 0.29) is 0 Å². The van der Waals surface area contributed by atoms with E-state index in [1.54, 1.807) is 7.11 Å². The van der Waals surface area contributed by atoms with Gasteiger partial charge < -0.3 is 9.29 Å². The van der Waals surface area contributed by atoms with Crippen molar-refractivity contribution in [2.24, 2.45) is 7.05 Å². The van der Waals surface area contributed by atoms with Gasteiger partial charge >= 0.3 is 5.51 Å². The van der Waals surface area contributed by atoms with Crippen molar-refractivity contribution < 1.29 is 35.4 Å². The van der Waals surface area contributed by atoms with Crippen molar-refractivity contribution in [3.8, 4) is 5.75 Å². The van der Waals surface area contributed by atoms with Gasteiger partial charge in [0.2, 0.25) is 0 Å². The van der Waals surface area contributed by atoms with Crippen LogP contribution in [0, 0.1) is 0 Å². The molecule has 98 valence electrons. The molecule has 0 atom stereocenters. The summed E-state index contributed by atoms with van der Waals surface area (Å²) in [5, 5.41) is 0. The Bertz CT molecular complexity index is 441. The first kappa shape index (κ1) is 15.7. The van der Waals surface area contributed by atoms with Crippen molar-refractivity contribution in [2.75, 3.05) is 7.11 Å². The number of ether oxygens (including phenoxy) is 1. The number of rotatable bonds is 1. The Hall–Kier alpha value is -1.35. The molecule has 0 aliphatic rings. The molecule has 0 aromatic carbocycles. The third kappa shape index (κ3) is 6.07. The number of pyridine rings is 1. The fourth-order valence-electron chi connectivity index (χ4n) is 0.623. The maximum atomic E-state index is 10.7. The highest BCUT2D eigenvalue weighted by atomic mass is 32.2. The van der Waals surface area contributed by atoms with E-state index in [0.717, 1.165) is 5.75 Å². The van der Waals surface area contributed by atoms with Crippen molar-refractivity contribution >= 4 is 10.1 Å². The zero-order valence-electron chi connectivity index (χ0n) is 8.93. The number of alkyl halides is 3. The Morgan fingerprint density at radius 3 is 1.88 bits per heavy atom. The van der Waals surface area contributed by atoms with Crippen LogP contribution in [0.4, 0.5) is 13.2 Å². The highest BCUT2D eigenvalue weighted by Crippen LogP contribution is 2.20. The predicted molar refractivity (Wildman–Crippen MR) is 49.9 cm³/mol. The van der Waals surface area contributed by atoms with Crippen LogP contribution in [0.25, 0.3) is 0 Å². The molecular weight excluding hydrogens is 263 g/mol. The van der Waals surface area contributed by atoms with Crippen molar-refractivity contribution in [2.45, 2.75) is 5.51 Å². The lowest BCUT2D eigenvalue weighted by Crippen LogP contribution is -2.25. The van der Waals surface area contributed by atoms with Crippen LogP contribution in [0.15, 0.2) is 24.5 Å². The smallest absolute Gasteiger partial charge is 0.485 e. The largest absolute Gasteiger partial charge is 0.741 e. The van der Waals surface area contributed by atoms with Gasteiger partial charge in [-0.25, -0.2) is 13.0 Å². The summed E-state index contributed by atoms with van der Waals surface area (Å²) >= 11 is 0. The van der Waals surface area contributed by atoms with Crippen LogP contribution < -0.4 is 9.30 Å². The van der Waals surface area contributed by atoms with Crippen LogP contribution in [-0.2, 0) is 17.2 Å². The summed E-state index contributed by atoms with van der Waals surface area (Å²) in [5.74, 6) is 0.896. The molecule has 0 fully saturated rings. The predicted octanol–water partition coefficient (Wildman–Crippen LogP) is 0.571. The fourth-order valence-corrected chi connectivity index (χ4v) is 0.623. The molecule has 0 spiro atoms. The van der Waals surface area contributed by atoms with E-state index in [9.17, 15) is 13.2 Å². The first-order chi connectivity index (χ1) is 7.58. The molecule has 0 aliphatic heterocycles. The second-order valence-electron chi connectivity index (χ2n) is 2.80. The Morgan fingerprint density at radius 1 is 1.29 bits per heavy atom. The summed E-state index contributed by atoms with van der Waals surface area (Å²) in [6.45, 7) is 0. The highest BCUT2D eigenvalue weighted by molar-refractivity contribution is 7.86. The molecule has 1 aromatic heterocycles. The summed E-state index contributed by atoms with van der Waals surface area (Å²) in [6, 6.07) is 3.83. The van der Waals surface area contributed by atoms with E-state index in [1.165, 1.54) is 0 Å². The Labute approximate surface area is 96.2 Å². The molecule has 0 amide bonds. The maximum absolute atomic E-state index is 10.7. The molecule has 0 N–H and O–H groups in total. The second kappa shape index (κ2) is 5.82. The van der Waals surface area contributed by atoms with Gasteiger partial charge in [0.25, 0.3) is 0 Å². The molecule has 5 nitrogen and oxygen atoms in total. The van der Waals surface area contributed by atoms with Gasteiger partial charge in [-0.15, -0.1) is 0 Å². The summed E-state index contributed by atoms with van der Waals surface area (Å²) in [4.78, 5) is 0. The van der Waals surface area contributed by atoms with Crippen molar-refractivity contribution in [1.82, 2.24) is 0 Å². The van der Waals surface area contributed by atoms with E-state index in [2.05, 4.69) is 0 Å². The summed E-state index contributed by atoms with van der Waals surface area (Å²) < 4.78 is 65.8. The van der Waals surface area contributed by atoms with Crippen LogP contribution in [0.1, 0.15) is 0 Å². The molecule has 0 bridgehead atoms. The number of aromatic nitrogens is 1. The molecule has 1 heterocycles. The van der Waals surface area contributed by atoms with Gasteiger partial charge in [0.1, 0.15) is 12.8 Å². The Kier molecular flexibility index (Phi) is 5.36. The molecule has 1 aromatic rings. The molecule has 1 rings (SSSR count). The molecule has 17 heavy (non-hydrogen) atoms. The van der Waals surface area contributed by atoms with E-state index >= 15 is 0 Å². The van der Waals surface area contributed by atoms with Crippen LogP contribution in [0.2, 0.25) is 0 Å². The lowest BCUT2D eigenvalue weighted by atomic mass is 10.4. The molecule has 0 radical (unpaired) electrons. The number of nitrogens with zero attached hydrogens (tertiary/aromatic N) is 1. The van der Waals surface area contributed by atoms with Gasteiger partial charge in [-0.2, -0.15) is 13.2 Å². The fraction of sp³-hybridized carbons (Fsp3) is 0.375.